The molecule has 0 bridgehead atoms. The molecule has 3 aromatic heterocycles. The molecule has 0 unspecified atom stereocenters. The average Bonchev–Trinajstić information content (AvgIpc) is 3.42. The van der Waals surface area contributed by atoms with Gasteiger partial charge in [-0.25, -0.2) is 4.68 Å². The predicted molar refractivity (Wildman–Crippen MR) is 109 cm³/mol. The van der Waals surface area contributed by atoms with Crippen molar-refractivity contribution in [2.75, 3.05) is 12.4 Å². The minimum atomic E-state index is -0.221. The lowest BCUT2D eigenvalue weighted by Gasteiger charge is -2.09. The molecule has 3 heterocycles. The van der Waals surface area contributed by atoms with E-state index in [4.69, 9.17) is 16.3 Å². The van der Waals surface area contributed by atoms with E-state index in [1.165, 1.54) is 11.3 Å². The number of anilines is 1. The van der Waals surface area contributed by atoms with Gasteiger partial charge in [0.1, 0.15) is 11.4 Å². The Morgan fingerprint density at radius 2 is 2.18 bits per heavy atom. The first kappa shape index (κ1) is 18.5. The topological polar surface area (TPSA) is 94.8 Å². The summed E-state index contributed by atoms with van der Waals surface area (Å²) in [5.74, 6) is 0.775. The monoisotopic (exact) mass is 432 g/mol. The zero-order chi connectivity index (χ0) is 19.7. The second-order valence-corrected chi connectivity index (χ2v) is 7.74. The summed E-state index contributed by atoms with van der Waals surface area (Å²) in [4.78, 5) is 17.1. The Kier molecular flexibility index (Phi) is 5.07. The number of nitrogens with one attached hydrogen (secondary N) is 1. The van der Waals surface area contributed by atoms with E-state index in [9.17, 15) is 4.79 Å². The van der Waals surface area contributed by atoms with Crippen molar-refractivity contribution < 1.29 is 9.53 Å². The van der Waals surface area contributed by atoms with Crippen LogP contribution in [0.15, 0.2) is 35.7 Å². The van der Waals surface area contributed by atoms with Gasteiger partial charge in [-0.1, -0.05) is 22.9 Å². The quantitative estimate of drug-likeness (QED) is 0.510. The lowest BCUT2D eigenvalue weighted by atomic mass is 10.2. The number of aromatic nitrogens is 5. The lowest BCUT2D eigenvalue weighted by molar-refractivity contribution is 0.103. The summed E-state index contributed by atoms with van der Waals surface area (Å²) < 4.78 is 11.3. The van der Waals surface area contributed by atoms with E-state index < -0.39 is 0 Å². The average molecular weight is 433 g/mol. The molecule has 4 aromatic rings. The maximum atomic E-state index is 12.2. The number of carbonyl (C=O) groups is 1. The SMILES string of the molecule is COc1ccc(Cl)cc1-n1nnc(-c2nsc(NC(=O)c3cccs3)n2)c1C. The highest BCUT2D eigenvalue weighted by molar-refractivity contribution is 7.12. The zero-order valence-electron chi connectivity index (χ0n) is 14.7. The van der Waals surface area contributed by atoms with Crippen LogP contribution in [0.3, 0.4) is 0 Å². The molecule has 0 fully saturated rings. The molecule has 11 heteroatoms. The zero-order valence-corrected chi connectivity index (χ0v) is 17.1. The fourth-order valence-electron chi connectivity index (χ4n) is 2.53. The second-order valence-electron chi connectivity index (χ2n) is 5.61. The Morgan fingerprint density at radius 3 is 2.93 bits per heavy atom. The van der Waals surface area contributed by atoms with Gasteiger partial charge in [0.05, 0.1) is 17.7 Å². The smallest absolute Gasteiger partial charge is 0.267 e. The number of thiophene rings is 1. The molecule has 0 spiro atoms. The van der Waals surface area contributed by atoms with E-state index in [1.807, 2.05) is 18.4 Å². The van der Waals surface area contributed by atoms with Gasteiger partial charge in [-0.2, -0.15) is 9.36 Å². The Morgan fingerprint density at radius 1 is 1.32 bits per heavy atom. The van der Waals surface area contributed by atoms with Crippen LogP contribution in [0.4, 0.5) is 5.13 Å². The first-order valence-corrected chi connectivity index (χ1v) is 10.0. The molecule has 4 rings (SSSR count). The first-order valence-electron chi connectivity index (χ1n) is 8.02. The molecule has 0 aliphatic heterocycles. The maximum absolute atomic E-state index is 12.2. The van der Waals surface area contributed by atoms with Crippen LogP contribution in [0.25, 0.3) is 17.2 Å². The molecular formula is C17H13ClN6O2S2. The van der Waals surface area contributed by atoms with Gasteiger partial charge in [-0.05, 0) is 36.6 Å². The molecule has 1 aromatic carbocycles. The summed E-state index contributed by atoms with van der Waals surface area (Å²) in [6.07, 6.45) is 0. The maximum Gasteiger partial charge on any atom is 0.267 e. The number of methoxy groups -OCH3 is 1. The van der Waals surface area contributed by atoms with E-state index in [-0.39, 0.29) is 5.91 Å². The minimum Gasteiger partial charge on any atom is -0.494 e. The summed E-state index contributed by atoms with van der Waals surface area (Å²) in [5, 5.41) is 13.9. The van der Waals surface area contributed by atoms with Crippen molar-refractivity contribution in [3.8, 4) is 23.0 Å². The van der Waals surface area contributed by atoms with Crippen LogP contribution in [0.2, 0.25) is 5.02 Å². The van der Waals surface area contributed by atoms with Gasteiger partial charge in [0, 0.05) is 16.6 Å². The molecule has 0 saturated heterocycles. The highest BCUT2D eigenvalue weighted by Crippen LogP contribution is 2.29. The summed E-state index contributed by atoms with van der Waals surface area (Å²) in [7, 11) is 1.57. The van der Waals surface area contributed by atoms with Crippen molar-refractivity contribution in [2.24, 2.45) is 0 Å². The Balaban J connectivity index is 1.63. The third-order valence-corrected chi connectivity index (χ3v) is 5.60. The largest absolute Gasteiger partial charge is 0.494 e. The first-order chi connectivity index (χ1) is 13.6. The number of carbonyl (C=O) groups excluding carboxylic acids is 1. The molecule has 28 heavy (non-hydrogen) atoms. The molecule has 142 valence electrons. The van der Waals surface area contributed by atoms with Crippen molar-refractivity contribution in [2.45, 2.75) is 6.92 Å². The number of ether oxygens (including phenoxy) is 1. The van der Waals surface area contributed by atoms with Crippen LogP contribution in [-0.4, -0.2) is 37.4 Å². The Labute approximate surface area is 172 Å². The van der Waals surface area contributed by atoms with Gasteiger partial charge in [0.15, 0.2) is 11.5 Å². The lowest BCUT2D eigenvalue weighted by Crippen LogP contribution is -2.09. The van der Waals surface area contributed by atoms with E-state index in [0.29, 0.717) is 38.0 Å². The van der Waals surface area contributed by atoms with Crippen LogP contribution in [-0.2, 0) is 0 Å². The molecular weight excluding hydrogens is 420 g/mol. The molecule has 0 saturated carbocycles. The fraction of sp³-hybridized carbons (Fsp3) is 0.118. The molecule has 1 amide bonds. The van der Waals surface area contributed by atoms with Gasteiger partial charge in [0.25, 0.3) is 5.91 Å². The number of benzene rings is 1. The van der Waals surface area contributed by atoms with Gasteiger partial charge in [-0.3, -0.25) is 10.1 Å². The van der Waals surface area contributed by atoms with Gasteiger partial charge >= 0.3 is 0 Å². The van der Waals surface area contributed by atoms with Crippen molar-refractivity contribution in [1.29, 1.82) is 0 Å². The third-order valence-electron chi connectivity index (χ3n) is 3.87. The highest BCUT2D eigenvalue weighted by atomic mass is 35.5. The summed E-state index contributed by atoms with van der Waals surface area (Å²) in [6, 6.07) is 8.80. The Hall–Kier alpha value is -2.82. The standard InChI is InChI=1S/C17H13ClN6O2S2/c1-9-14(21-23-24(9)11-8-10(18)5-6-12(11)26-2)15-19-17(28-22-15)20-16(25)13-4-3-7-27-13/h3-8H,1-2H3,(H,19,20,22,25). The van der Waals surface area contributed by atoms with Crippen LogP contribution >= 0.6 is 34.5 Å². The number of rotatable bonds is 5. The van der Waals surface area contributed by atoms with Crippen molar-refractivity contribution in [3.63, 3.8) is 0 Å². The van der Waals surface area contributed by atoms with Crippen LogP contribution in [0.1, 0.15) is 15.4 Å². The fourth-order valence-corrected chi connectivity index (χ4v) is 3.88. The van der Waals surface area contributed by atoms with Gasteiger partial charge in [0.2, 0.25) is 5.13 Å². The molecule has 1 N–H and O–H groups in total. The van der Waals surface area contributed by atoms with Crippen LogP contribution in [0, 0.1) is 6.92 Å². The molecule has 0 aliphatic carbocycles. The molecule has 8 nitrogen and oxygen atoms in total. The molecule has 0 aliphatic rings. The van der Waals surface area contributed by atoms with E-state index in [0.717, 1.165) is 17.2 Å². The van der Waals surface area contributed by atoms with Crippen molar-refractivity contribution >= 4 is 45.5 Å². The number of halogens is 1. The van der Waals surface area contributed by atoms with E-state index in [1.54, 1.807) is 36.1 Å². The number of amides is 1. The van der Waals surface area contributed by atoms with Crippen molar-refractivity contribution in [3.05, 3.63) is 51.3 Å². The van der Waals surface area contributed by atoms with Gasteiger partial charge < -0.3 is 4.74 Å². The number of hydrogen-bond donors (Lipinski definition) is 1. The molecule has 0 atom stereocenters. The van der Waals surface area contributed by atoms with E-state index >= 15 is 0 Å². The predicted octanol–water partition coefficient (Wildman–Crippen LogP) is 4.07. The highest BCUT2D eigenvalue weighted by Gasteiger charge is 2.19. The number of nitrogens with zero attached hydrogens (tertiary/aromatic N) is 5. The minimum absolute atomic E-state index is 0.221. The van der Waals surface area contributed by atoms with Crippen LogP contribution < -0.4 is 10.1 Å². The molecule has 0 radical (unpaired) electrons. The normalized spacial score (nSPS) is 10.8. The second kappa shape index (κ2) is 7.66. The third kappa shape index (κ3) is 3.49. The summed E-state index contributed by atoms with van der Waals surface area (Å²) in [6.45, 7) is 1.85. The van der Waals surface area contributed by atoms with E-state index in [2.05, 4.69) is 25.0 Å². The Bertz CT molecular complexity index is 1140. The van der Waals surface area contributed by atoms with Crippen LogP contribution in [0.5, 0.6) is 5.75 Å². The summed E-state index contributed by atoms with van der Waals surface area (Å²) >= 11 is 8.55. The van der Waals surface area contributed by atoms with Gasteiger partial charge in [-0.15, -0.1) is 16.4 Å². The number of hydrogen-bond acceptors (Lipinski definition) is 8. The summed E-state index contributed by atoms with van der Waals surface area (Å²) in [5.41, 5.74) is 1.89. The van der Waals surface area contributed by atoms with Crippen molar-refractivity contribution in [1.82, 2.24) is 24.4 Å².